The highest BCUT2D eigenvalue weighted by molar-refractivity contribution is 5.92. The van der Waals surface area contributed by atoms with Gasteiger partial charge < -0.3 is 20.3 Å². The van der Waals surface area contributed by atoms with Gasteiger partial charge in [-0.15, -0.1) is 5.10 Å². The van der Waals surface area contributed by atoms with Crippen LogP contribution in [0, 0.1) is 0 Å². The van der Waals surface area contributed by atoms with Gasteiger partial charge in [0.15, 0.2) is 5.78 Å². The zero-order chi connectivity index (χ0) is 29.5. The Morgan fingerprint density at radius 2 is 1.64 bits per heavy atom. The van der Waals surface area contributed by atoms with Gasteiger partial charge in [0.25, 0.3) is 0 Å². The van der Waals surface area contributed by atoms with Crippen LogP contribution in [0.25, 0.3) is 11.0 Å². The molecule has 3 aromatic carbocycles. The number of nitrogens with zero attached hydrogens (tertiary/aromatic N) is 5. The summed E-state index contributed by atoms with van der Waals surface area (Å²) in [6.07, 6.45) is 1.28. The first-order chi connectivity index (χ1) is 20.4. The Balaban J connectivity index is 1.26. The molecule has 218 valence electrons. The molecule has 2 amide bonds. The molecule has 2 heterocycles. The lowest BCUT2D eigenvalue weighted by Crippen LogP contribution is -2.62. The second-order valence-corrected chi connectivity index (χ2v) is 10.7. The number of Topliss-reactive ketones (excluding diaryl/α,β-unsaturated/α-hetero) is 1. The molecule has 5 rings (SSSR count). The second kappa shape index (κ2) is 13.4. The topological polar surface area (TPSA) is 124 Å². The highest BCUT2D eigenvalue weighted by atomic mass is 16.6. The SMILES string of the molecule is Cn1nnc2cc(CCC(=O)[C@@H]3CN(C(=O)OCc4ccccc4)CCN3C(=O)[C@H](N)CCc3ccccc3)ccc21. The van der Waals surface area contributed by atoms with E-state index < -0.39 is 18.2 Å². The normalized spacial score (nSPS) is 15.9. The highest BCUT2D eigenvalue weighted by Gasteiger charge is 2.38. The van der Waals surface area contributed by atoms with Crippen LogP contribution in [0.4, 0.5) is 4.79 Å². The van der Waals surface area contributed by atoms with Crippen molar-refractivity contribution >= 4 is 28.8 Å². The van der Waals surface area contributed by atoms with Crippen LogP contribution in [0.5, 0.6) is 0 Å². The van der Waals surface area contributed by atoms with Crippen molar-refractivity contribution in [2.24, 2.45) is 12.8 Å². The van der Waals surface area contributed by atoms with Crippen molar-refractivity contribution in [2.75, 3.05) is 19.6 Å². The van der Waals surface area contributed by atoms with E-state index in [4.69, 9.17) is 10.5 Å². The van der Waals surface area contributed by atoms with E-state index in [0.717, 1.165) is 27.7 Å². The zero-order valence-electron chi connectivity index (χ0n) is 23.8. The van der Waals surface area contributed by atoms with Crippen molar-refractivity contribution in [3.63, 3.8) is 0 Å². The number of carbonyl (C=O) groups excluding carboxylic acids is 3. The van der Waals surface area contributed by atoms with Crippen LogP contribution in [0.2, 0.25) is 0 Å². The summed E-state index contributed by atoms with van der Waals surface area (Å²) in [6.45, 7) is 0.664. The number of hydrogen-bond donors (Lipinski definition) is 1. The van der Waals surface area contributed by atoms with Gasteiger partial charge in [0, 0.05) is 26.6 Å². The van der Waals surface area contributed by atoms with Gasteiger partial charge >= 0.3 is 6.09 Å². The molecule has 2 N–H and O–H groups in total. The molecule has 10 nitrogen and oxygen atoms in total. The van der Waals surface area contributed by atoms with Crippen molar-refractivity contribution in [1.82, 2.24) is 24.8 Å². The summed E-state index contributed by atoms with van der Waals surface area (Å²) in [5, 5.41) is 8.20. The molecule has 42 heavy (non-hydrogen) atoms. The number of ether oxygens (including phenoxy) is 1. The summed E-state index contributed by atoms with van der Waals surface area (Å²) < 4.78 is 7.23. The van der Waals surface area contributed by atoms with Crippen LogP contribution in [0.1, 0.15) is 29.5 Å². The monoisotopic (exact) mass is 568 g/mol. The summed E-state index contributed by atoms with van der Waals surface area (Å²) in [6, 6.07) is 23.5. The molecule has 1 aliphatic rings. The molecule has 2 atom stereocenters. The van der Waals surface area contributed by atoms with Gasteiger partial charge in [0.05, 0.1) is 18.1 Å². The van der Waals surface area contributed by atoms with Crippen LogP contribution < -0.4 is 5.73 Å². The Morgan fingerprint density at radius 3 is 2.38 bits per heavy atom. The van der Waals surface area contributed by atoms with Crippen molar-refractivity contribution in [3.05, 3.63) is 95.6 Å². The third-order valence-electron chi connectivity index (χ3n) is 7.74. The molecule has 0 radical (unpaired) electrons. The second-order valence-electron chi connectivity index (χ2n) is 10.7. The maximum Gasteiger partial charge on any atom is 0.410 e. The molecule has 1 aliphatic heterocycles. The van der Waals surface area contributed by atoms with E-state index in [-0.39, 0.29) is 44.4 Å². The summed E-state index contributed by atoms with van der Waals surface area (Å²) >= 11 is 0. The molecule has 4 aromatic rings. The van der Waals surface area contributed by atoms with Gasteiger partial charge in [-0.2, -0.15) is 0 Å². The van der Waals surface area contributed by atoms with E-state index in [1.807, 2.05) is 85.9 Å². The number of aromatic nitrogens is 3. The van der Waals surface area contributed by atoms with Crippen molar-refractivity contribution < 1.29 is 19.1 Å². The standard InChI is InChI=1S/C32H36N6O4/c1-36-28-16-13-24(20-27(28)34-35-36)14-17-30(39)29-21-37(32(41)42-22-25-10-6-3-7-11-25)18-19-38(29)31(40)26(33)15-12-23-8-4-2-5-9-23/h2-11,13,16,20,26,29H,12,14-15,17-19,21-22,33H2,1H3/t26-,29+/m1/s1. The number of carbonyl (C=O) groups is 3. The molecule has 1 aromatic heterocycles. The Kier molecular flexibility index (Phi) is 9.23. The van der Waals surface area contributed by atoms with Crippen LogP contribution >= 0.6 is 0 Å². The summed E-state index contributed by atoms with van der Waals surface area (Å²) in [4.78, 5) is 43.2. The molecule has 0 saturated carbocycles. The molecule has 10 heteroatoms. The average molecular weight is 569 g/mol. The predicted molar refractivity (Wildman–Crippen MR) is 158 cm³/mol. The van der Waals surface area contributed by atoms with E-state index >= 15 is 0 Å². The lowest BCUT2D eigenvalue weighted by atomic mass is 9.98. The predicted octanol–water partition coefficient (Wildman–Crippen LogP) is 3.28. The van der Waals surface area contributed by atoms with E-state index in [2.05, 4.69) is 10.3 Å². The van der Waals surface area contributed by atoms with Gasteiger partial charge in [-0.3, -0.25) is 9.59 Å². The Morgan fingerprint density at radius 1 is 0.929 bits per heavy atom. The Bertz CT molecular complexity index is 1520. The lowest BCUT2D eigenvalue weighted by Gasteiger charge is -2.41. The fraction of sp³-hybridized carbons (Fsp3) is 0.344. The number of aryl methyl sites for hydroxylation is 3. The first-order valence-corrected chi connectivity index (χ1v) is 14.3. The summed E-state index contributed by atoms with van der Waals surface area (Å²) in [7, 11) is 1.83. The van der Waals surface area contributed by atoms with E-state index in [0.29, 0.717) is 19.3 Å². The van der Waals surface area contributed by atoms with Gasteiger partial charge in [0.2, 0.25) is 5.91 Å². The number of amides is 2. The van der Waals surface area contributed by atoms with Crippen molar-refractivity contribution in [3.8, 4) is 0 Å². The van der Waals surface area contributed by atoms with Gasteiger partial charge in [0.1, 0.15) is 18.2 Å². The van der Waals surface area contributed by atoms with Crippen LogP contribution in [-0.4, -0.2) is 74.3 Å². The Hall–Kier alpha value is -4.57. The van der Waals surface area contributed by atoms with Gasteiger partial charge in [-0.25, -0.2) is 9.48 Å². The summed E-state index contributed by atoms with van der Waals surface area (Å²) in [5.41, 5.74) is 10.9. The molecule has 1 saturated heterocycles. The lowest BCUT2D eigenvalue weighted by molar-refractivity contribution is -0.143. The maximum atomic E-state index is 13.7. The maximum absolute atomic E-state index is 13.7. The smallest absolute Gasteiger partial charge is 0.410 e. The van der Waals surface area contributed by atoms with E-state index in [9.17, 15) is 14.4 Å². The van der Waals surface area contributed by atoms with E-state index in [1.54, 1.807) is 9.58 Å². The molecule has 0 unspecified atom stereocenters. The minimum Gasteiger partial charge on any atom is -0.445 e. The zero-order valence-corrected chi connectivity index (χ0v) is 23.8. The van der Waals surface area contributed by atoms with Crippen LogP contribution in [-0.2, 0) is 40.8 Å². The molecule has 0 aliphatic carbocycles. The first-order valence-electron chi connectivity index (χ1n) is 14.3. The fourth-order valence-corrected chi connectivity index (χ4v) is 5.28. The summed E-state index contributed by atoms with van der Waals surface area (Å²) in [5.74, 6) is -0.402. The van der Waals surface area contributed by atoms with Gasteiger partial charge in [-0.1, -0.05) is 71.9 Å². The molecular formula is C32H36N6O4. The minimum atomic E-state index is -0.807. The van der Waals surface area contributed by atoms with Crippen LogP contribution in [0.3, 0.4) is 0 Å². The van der Waals surface area contributed by atoms with Crippen molar-refractivity contribution in [2.45, 2.75) is 44.4 Å². The third kappa shape index (κ3) is 7.01. The fourth-order valence-electron chi connectivity index (χ4n) is 5.28. The third-order valence-corrected chi connectivity index (χ3v) is 7.74. The van der Waals surface area contributed by atoms with Gasteiger partial charge in [-0.05, 0) is 48.1 Å². The number of fused-ring (bicyclic) bond motifs is 1. The molecule has 1 fully saturated rings. The number of rotatable bonds is 10. The highest BCUT2D eigenvalue weighted by Crippen LogP contribution is 2.19. The molecular weight excluding hydrogens is 532 g/mol. The molecule has 0 spiro atoms. The molecule has 0 bridgehead atoms. The number of piperazine rings is 1. The minimum absolute atomic E-state index is 0.0623. The number of hydrogen-bond acceptors (Lipinski definition) is 7. The number of nitrogens with two attached hydrogens (primary N) is 1. The first kappa shape index (κ1) is 28.9. The van der Waals surface area contributed by atoms with Crippen molar-refractivity contribution in [1.29, 1.82) is 0 Å². The number of ketones is 1. The van der Waals surface area contributed by atoms with Crippen LogP contribution in [0.15, 0.2) is 78.9 Å². The largest absolute Gasteiger partial charge is 0.445 e. The Labute approximate surface area is 245 Å². The number of benzene rings is 3. The average Bonchev–Trinajstić information content (AvgIpc) is 3.41. The van der Waals surface area contributed by atoms with E-state index in [1.165, 1.54) is 4.90 Å². The quantitative estimate of drug-likeness (QED) is 0.311.